The predicted molar refractivity (Wildman–Crippen MR) is 122 cm³/mol. The third-order valence-corrected chi connectivity index (χ3v) is 6.01. The van der Waals surface area contributed by atoms with E-state index in [9.17, 15) is 18.0 Å². The summed E-state index contributed by atoms with van der Waals surface area (Å²) < 4.78 is 40.6. The smallest absolute Gasteiger partial charge is 0.339 e. The summed E-state index contributed by atoms with van der Waals surface area (Å²) >= 11 is 0. The van der Waals surface area contributed by atoms with Crippen molar-refractivity contribution in [3.8, 4) is 11.5 Å². The predicted octanol–water partition coefficient (Wildman–Crippen LogP) is 3.88. The highest BCUT2D eigenvalue weighted by Crippen LogP contribution is 2.24. The highest BCUT2D eigenvalue weighted by molar-refractivity contribution is 7.87. The Balaban J connectivity index is 1.60. The summed E-state index contributed by atoms with van der Waals surface area (Å²) in [5, 5.41) is 2.60. The molecule has 0 radical (unpaired) electrons. The van der Waals surface area contributed by atoms with Gasteiger partial charge in [-0.15, -0.1) is 0 Å². The molecule has 0 fully saturated rings. The first kappa shape index (κ1) is 23.8. The van der Waals surface area contributed by atoms with Gasteiger partial charge in [0.1, 0.15) is 16.4 Å². The van der Waals surface area contributed by atoms with Gasteiger partial charge in [0, 0.05) is 0 Å². The SMILES string of the molecule is COc1ccccc1NC(=O)COC(=O)c1ccc(OS(=O)(=O)c2cc(C)ccc2C)cc1. The van der Waals surface area contributed by atoms with Crippen molar-refractivity contribution in [2.24, 2.45) is 0 Å². The minimum atomic E-state index is -4.04. The van der Waals surface area contributed by atoms with Gasteiger partial charge in [-0.2, -0.15) is 8.42 Å². The minimum absolute atomic E-state index is 0.0429. The Labute approximate surface area is 192 Å². The number of carbonyl (C=O) groups excluding carboxylic acids is 2. The van der Waals surface area contributed by atoms with E-state index in [1.54, 1.807) is 44.2 Å². The lowest BCUT2D eigenvalue weighted by molar-refractivity contribution is -0.119. The highest BCUT2D eigenvalue weighted by Gasteiger charge is 2.20. The molecule has 1 N–H and O–H groups in total. The number of benzene rings is 3. The Morgan fingerprint density at radius 2 is 1.64 bits per heavy atom. The first-order valence-electron chi connectivity index (χ1n) is 9.91. The average molecular weight is 470 g/mol. The Kier molecular flexibility index (Phi) is 7.34. The number of amides is 1. The minimum Gasteiger partial charge on any atom is -0.495 e. The number of rotatable bonds is 8. The fourth-order valence-electron chi connectivity index (χ4n) is 2.94. The molecule has 0 saturated carbocycles. The summed E-state index contributed by atoms with van der Waals surface area (Å²) in [6.45, 7) is 2.96. The van der Waals surface area contributed by atoms with Crippen molar-refractivity contribution >= 4 is 27.7 Å². The van der Waals surface area contributed by atoms with Gasteiger partial charge in [-0.3, -0.25) is 4.79 Å². The molecule has 0 saturated heterocycles. The fraction of sp³-hybridized carbons (Fsp3) is 0.167. The fourth-order valence-corrected chi connectivity index (χ4v) is 4.19. The lowest BCUT2D eigenvalue weighted by atomic mass is 10.2. The number of hydrogen-bond acceptors (Lipinski definition) is 7. The van der Waals surface area contributed by atoms with Crippen molar-refractivity contribution in [1.82, 2.24) is 0 Å². The van der Waals surface area contributed by atoms with Gasteiger partial charge in [0.2, 0.25) is 0 Å². The van der Waals surface area contributed by atoms with E-state index in [1.165, 1.54) is 37.4 Å². The maximum absolute atomic E-state index is 12.6. The third-order valence-electron chi connectivity index (χ3n) is 4.62. The maximum atomic E-state index is 12.6. The van der Waals surface area contributed by atoms with Crippen LogP contribution in [-0.4, -0.2) is 34.0 Å². The Bertz CT molecular complexity index is 1270. The largest absolute Gasteiger partial charge is 0.495 e. The van der Waals surface area contributed by atoms with Gasteiger partial charge < -0.3 is 19.0 Å². The molecule has 0 bridgehead atoms. The Hall–Kier alpha value is -3.85. The van der Waals surface area contributed by atoms with Gasteiger partial charge in [-0.25, -0.2) is 4.79 Å². The molecule has 0 aromatic heterocycles. The zero-order valence-electron chi connectivity index (χ0n) is 18.3. The van der Waals surface area contributed by atoms with E-state index >= 15 is 0 Å². The molecule has 9 heteroatoms. The van der Waals surface area contributed by atoms with Crippen molar-refractivity contribution in [3.05, 3.63) is 83.4 Å². The van der Waals surface area contributed by atoms with E-state index in [2.05, 4.69) is 5.32 Å². The molecule has 0 unspecified atom stereocenters. The van der Waals surface area contributed by atoms with Crippen molar-refractivity contribution in [2.45, 2.75) is 18.7 Å². The monoisotopic (exact) mass is 469 g/mol. The number of carbonyl (C=O) groups is 2. The van der Waals surface area contributed by atoms with Gasteiger partial charge in [0.05, 0.1) is 18.4 Å². The molecular formula is C24H23NO7S. The normalized spacial score (nSPS) is 10.9. The Morgan fingerprint density at radius 1 is 0.939 bits per heavy atom. The van der Waals surface area contributed by atoms with E-state index in [4.69, 9.17) is 13.7 Å². The van der Waals surface area contributed by atoms with Crippen LogP contribution in [0.2, 0.25) is 0 Å². The lowest BCUT2D eigenvalue weighted by Crippen LogP contribution is -2.21. The number of para-hydroxylation sites is 2. The molecule has 33 heavy (non-hydrogen) atoms. The van der Waals surface area contributed by atoms with Gasteiger partial charge in [-0.1, -0.05) is 24.3 Å². The highest BCUT2D eigenvalue weighted by atomic mass is 32.2. The molecule has 0 aliphatic carbocycles. The summed E-state index contributed by atoms with van der Waals surface area (Å²) in [6, 6.07) is 17.3. The number of anilines is 1. The van der Waals surface area contributed by atoms with Crippen LogP contribution in [0, 0.1) is 13.8 Å². The Morgan fingerprint density at radius 3 is 2.33 bits per heavy atom. The number of ether oxygens (including phenoxy) is 2. The number of methoxy groups -OCH3 is 1. The molecule has 8 nitrogen and oxygen atoms in total. The zero-order chi connectivity index (χ0) is 24.0. The molecule has 0 heterocycles. The van der Waals surface area contributed by atoms with Crippen LogP contribution in [0.5, 0.6) is 11.5 Å². The van der Waals surface area contributed by atoms with E-state index in [-0.39, 0.29) is 16.2 Å². The van der Waals surface area contributed by atoms with E-state index < -0.39 is 28.6 Å². The van der Waals surface area contributed by atoms with Crippen LogP contribution in [0.1, 0.15) is 21.5 Å². The standard InChI is InChI=1S/C24H23NO7S/c1-16-8-9-17(2)22(14-16)33(28,29)32-19-12-10-18(11-13-19)24(27)31-15-23(26)25-20-6-4-5-7-21(20)30-3/h4-14H,15H2,1-3H3,(H,25,26). The van der Waals surface area contributed by atoms with Crippen LogP contribution in [0.15, 0.2) is 71.6 Å². The molecule has 3 aromatic rings. The molecule has 172 valence electrons. The average Bonchev–Trinajstić information content (AvgIpc) is 2.79. The molecular weight excluding hydrogens is 446 g/mol. The van der Waals surface area contributed by atoms with Crippen LogP contribution in [0.4, 0.5) is 5.69 Å². The van der Waals surface area contributed by atoms with E-state index in [1.807, 2.05) is 6.07 Å². The summed E-state index contributed by atoms with van der Waals surface area (Å²) in [7, 11) is -2.56. The van der Waals surface area contributed by atoms with Crippen molar-refractivity contribution in [3.63, 3.8) is 0 Å². The first-order valence-corrected chi connectivity index (χ1v) is 11.3. The molecule has 0 spiro atoms. The third kappa shape index (κ3) is 6.11. The number of nitrogens with one attached hydrogen (secondary N) is 1. The summed E-state index contributed by atoms with van der Waals surface area (Å²) in [5.74, 6) is -0.758. The first-order chi connectivity index (χ1) is 15.7. The number of esters is 1. The molecule has 1 amide bonds. The second-order valence-electron chi connectivity index (χ2n) is 7.16. The molecule has 3 rings (SSSR count). The zero-order valence-corrected chi connectivity index (χ0v) is 19.1. The second kappa shape index (κ2) is 10.2. The van der Waals surface area contributed by atoms with Crippen molar-refractivity contribution < 1.29 is 31.7 Å². The van der Waals surface area contributed by atoms with Crippen molar-refractivity contribution in [2.75, 3.05) is 19.0 Å². The van der Waals surface area contributed by atoms with Gasteiger partial charge in [-0.05, 0) is 67.4 Å². The van der Waals surface area contributed by atoms with E-state index in [0.717, 1.165) is 5.56 Å². The van der Waals surface area contributed by atoms with Crippen LogP contribution in [0.25, 0.3) is 0 Å². The summed E-state index contributed by atoms with van der Waals surface area (Å²) in [4.78, 5) is 24.4. The molecule has 0 aliphatic heterocycles. The molecule has 0 atom stereocenters. The number of aryl methyl sites for hydroxylation is 2. The van der Waals surface area contributed by atoms with Gasteiger partial charge in [0.25, 0.3) is 5.91 Å². The van der Waals surface area contributed by atoms with Crippen LogP contribution in [-0.2, 0) is 19.6 Å². The lowest BCUT2D eigenvalue weighted by Gasteiger charge is -2.11. The maximum Gasteiger partial charge on any atom is 0.339 e. The van der Waals surface area contributed by atoms with Crippen LogP contribution in [0.3, 0.4) is 0 Å². The van der Waals surface area contributed by atoms with Crippen molar-refractivity contribution in [1.29, 1.82) is 0 Å². The molecule has 3 aromatic carbocycles. The number of hydrogen-bond donors (Lipinski definition) is 1. The second-order valence-corrected chi connectivity index (χ2v) is 8.67. The van der Waals surface area contributed by atoms with E-state index in [0.29, 0.717) is 17.0 Å². The summed E-state index contributed by atoms with van der Waals surface area (Å²) in [6.07, 6.45) is 0. The quantitative estimate of drug-likeness (QED) is 0.394. The van der Waals surface area contributed by atoms with Gasteiger partial charge in [0.15, 0.2) is 6.61 Å². The topological polar surface area (TPSA) is 108 Å². The van der Waals surface area contributed by atoms with Crippen LogP contribution < -0.4 is 14.2 Å². The van der Waals surface area contributed by atoms with Gasteiger partial charge >= 0.3 is 16.1 Å². The summed E-state index contributed by atoms with van der Waals surface area (Å²) in [5.41, 5.74) is 1.94. The molecule has 0 aliphatic rings. The van der Waals surface area contributed by atoms with Crippen LogP contribution >= 0.6 is 0 Å².